The normalized spacial score (nSPS) is 21.3. The van der Waals surface area contributed by atoms with E-state index in [0.717, 1.165) is 29.4 Å². The molecular weight excluding hydrogens is 324 g/mol. The molecule has 1 saturated heterocycles. The van der Waals surface area contributed by atoms with Crippen molar-refractivity contribution in [3.8, 4) is 17.1 Å². The first-order valence-corrected chi connectivity index (χ1v) is 9.81. The number of hydrogen-bond acceptors (Lipinski definition) is 4. The molecule has 2 fully saturated rings. The van der Waals surface area contributed by atoms with E-state index in [1.807, 2.05) is 6.20 Å². The Hall–Kier alpha value is -1.88. The van der Waals surface area contributed by atoms with Crippen molar-refractivity contribution in [2.75, 3.05) is 20.2 Å². The molecule has 0 aromatic carbocycles. The molecule has 5 heteroatoms. The first-order chi connectivity index (χ1) is 12.4. The lowest BCUT2D eigenvalue weighted by Crippen LogP contribution is -2.30. The van der Waals surface area contributed by atoms with Crippen LogP contribution in [0, 0.1) is 0 Å². The van der Waals surface area contributed by atoms with Gasteiger partial charge < -0.3 is 9.64 Å². The molecule has 2 aromatic heterocycles. The lowest BCUT2D eigenvalue weighted by Gasteiger charge is -2.21. The van der Waals surface area contributed by atoms with Crippen molar-refractivity contribution in [3.63, 3.8) is 0 Å². The fourth-order valence-electron chi connectivity index (χ4n) is 3.63. The van der Waals surface area contributed by atoms with E-state index in [0.29, 0.717) is 12.0 Å². The van der Waals surface area contributed by atoms with E-state index in [9.17, 15) is 0 Å². The van der Waals surface area contributed by atoms with Gasteiger partial charge in [-0.05, 0) is 51.3 Å². The van der Waals surface area contributed by atoms with Gasteiger partial charge in [-0.25, -0.2) is 0 Å². The maximum Gasteiger partial charge on any atom is 0.126 e. The smallest absolute Gasteiger partial charge is 0.126 e. The Morgan fingerprint density at radius 3 is 2.62 bits per heavy atom. The highest BCUT2D eigenvalue weighted by Gasteiger charge is 2.29. The maximum absolute atomic E-state index is 6.31. The van der Waals surface area contributed by atoms with Crippen molar-refractivity contribution < 1.29 is 4.74 Å². The van der Waals surface area contributed by atoms with Gasteiger partial charge in [-0.2, -0.15) is 5.10 Å². The number of likely N-dealkylation sites (N-methyl/N-ethyl adjacent to an activating group) is 1. The average Bonchev–Trinajstić information content (AvgIpc) is 3.15. The summed E-state index contributed by atoms with van der Waals surface area (Å²) in [6.07, 6.45) is 6.99. The number of H-pyrrole nitrogens is 1. The van der Waals surface area contributed by atoms with Crippen molar-refractivity contribution >= 4 is 0 Å². The molecule has 26 heavy (non-hydrogen) atoms. The van der Waals surface area contributed by atoms with E-state index in [2.05, 4.69) is 60.0 Å². The fourth-order valence-corrected chi connectivity index (χ4v) is 3.63. The van der Waals surface area contributed by atoms with Gasteiger partial charge in [0.25, 0.3) is 0 Å². The second-order valence-corrected chi connectivity index (χ2v) is 8.89. The highest BCUT2D eigenvalue weighted by molar-refractivity contribution is 5.58. The van der Waals surface area contributed by atoms with E-state index >= 15 is 0 Å². The molecule has 0 amide bonds. The zero-order valence-corrected chi connectivity index (χ0v) is 16.4. The molecule has 2 aromatic rings. The lowest BCUT2D eigenvalue weighted by atomic mass is 9.92. The molecule has 1 N–H and O–H groups in total. The Bertz CT molecular complexity index is 773. The SMILES string of the molecule is CN1CCC[C@H]1COc1cc(-c2cc(C(C)(C)C)[nH]n2)ncc1C1CC1. The van der Waals surface area contributed by atoms with Gasteiger partial charge in [-0.15, -0.1) is 0 Å². The third kappa shape index (κ3) is 3.63. The van der Waals surface area contributed by atoms with Crippen LogP contribution < -0.4 is 4.74 Å². The van der Waals surface area contributed by atoms with Gasteiger partial charge in [-0.1, -0.05) is 20.8 Å². The number of hydrogen-bond donors (Lipinski definition) is 1. The second kappa shape index (κ2) is 6.69. The zero-order valence-electron chi connectivity index (χ0n) is 16.4. The molecule has 1 atom stereocenters. The molecule has 1 aliphatic carbocycles. The quantitative estimate of drug-likeness (QED) is 0.877. The molecule has 4 rings (SSSR count). The molecule has 5 nitrogen and oxygen atoms in total. The summed E-state index contributed by atoms with van der Waals surface area (Å²) in [6.45, 7) is 8.48. The van der Waals surface area contributed by atoms with Crippen LogP contribution in [0.2, 0.25) is 0 Å². The van der Waals surface area contributed by atoms with Crippen LogP contribution in [0.4, 0.5) is 0 Å². The summed E-state index contributed by atoms with van der Waals surface area (Å²) in [6, 6.07) is 4.72. The predicted octanol–water partition coefficient (Wildman–Crippen LogP) is 4.12. The van der Waals surface area contributed by atoms with Crippen molar-refractivity contribution in [3.05, 3.63) is 29.6 Å². The van der Waals surface area contributed by atoms with Gasteiger partial charge in [0, 0.05) is 35.0 Å². The minimum atomic E-state index is 0.0472. The monoisotopic (exact) mass is 354 g/mol. The zero-order chi connectivity index (χ0) is 18.3. The molecule has 3 heterocycles. The van der Waals surface area contributed by atoms with Crippen LogP contribution in [-0.2, 0) is 5.41 Å². The summed E-state index contributed by atoms with van der Waals surface area (Å²) >= 11 is 0. The topological polar surface area (TPSA) is 54.0 Å². The van der Waals surface area contributed by atoms with Crippen LogP contribution >= 0.6 is 0 Å². The van der Waals surface area contributed by atoms with Crippen molar-refractivity contribution in [2.24, 2.45) is 0 Å². The molecule has 1 saturated carbocycles. The fraction of sp³-hybridized carbons (Fsp3) is 0.619. The van der Waals surface area contributed by atoms with Gasteiger partial charge >= 0.3 is 0 Å². The summed E-state index contributed by atoms with van der Waals surface area (Å²) in [5, 5.41) is 7.64. The Morgan fingerprint density at radius 1 is 1.19 bits per heavy atom. The highest BCUT2D eigenvalue weighted by atomic mass is 16.5. The Morgan fingerprint density at radius 2 is 2.00 bits per heavy atom. The molecular formula is C21H30N4O. The maximum atomic E-state index is 6.31. The third-order valence-electron chi connectivity index (χ3n) is 5.66. The molecule has 140 valence electrons. The van der Waals surface area contributed by atoms with E-state index in [1.54, 1.807) is 0 Å². The summed E-state index contributed by atoms with van der Waals surface area (Å²) in [5.41, 5.74) is 4.21. The number of aromatic nitrogens is 3. The Balaban J connectivity index is 1.57. The van der Waals surface area contributed by atoms with Crippen LogP contribution in [-0.4, -0.2) is 46.3 Å². The van der Waals surface area contributed by atoms with E-state index < -0.39 is 0 Å². The van der Waals surface area contributed by atoms with Gasteiger partial charge in [0.15, 0.2) is 0 Å². The number of ether oxygens (including phenoxy) is 1. The number of rotatable bonds is 5. The van der Waals surface area contributed by atoms with Crippen LogP contribution in [0.25, 0.3) is 11.4 Å². The summed E-state index contributed by atoms with van der Waals surface area (Å²) in [5.74, 6) is 1.62. The lowest BCUT2D eigenvalue weighted by molar-refractivity contribution is 0.197. The van der Waals surface area contributed by atoms with Crippen LogP contribution in [0.15, 0.2) is 18.3 Å². The first-order valence-electron chi connectivity index (χ1n) is 9.81. The first kappa shape index (κ1) is 17.5. The number of aromatic amines is 1. The largest absolute Gasteiger partial charge is 0.492 e. The van der Waals surface area contributed by atoms with Crippen molar-refractivity contribution in [2.45, 2.75) is 63.8 Å². The predicted molar refractivity (Wildman–Crippen MR) is 104 cm³/mol. The molecule has 1 aliphatic heterocycles. The van der Waals surface area contributed by atoms with Gasteiger partial charge in [0.1, 0.15) is 18.1 Å². The average molecular weight is 354 g/mol. The van der Waals surface area contributed by atoms with Crippen molar-refractivity contribution in [1.82, 2.24) is 20.1 Å². The van der Waals surface area contributed by atoms with Gasteiger partial charge in [-0.3, -0.25) is 10.1 Å². The minimum Gasteiger partial charge on any atom is -0.492 e. The molecule has 0 bridgehead atoms. The van der Waals surface area contributed by atoms with E-state index in [-0.39, 0.29) is 5.41 Å². The summed E-state index contributed by atoms with van der Waals surface area (Å²) < 4.78 is 6.31. The second-order valence-electron chi connectivity index (χ2n) is 8.89. The van der Waals surface area contributed by atoms with Gasteiger partial charge in [0.2, 0.25) is 0 Å². The van der Waals surface area contributed by atoms with Crippen LogP contribution in [0.3, 0.4) is 0 Å². The summed E-state index contributed by atoms with van der Waals surface area (Å²) in [7, 11) is 2.19. The molecule has 0 unspecified atom stereocenters. The number of nitrogens with zero attached hydrogens (tertiary/aromatic N) is 3. The molecule has 2 aliphatic rings. The molecule has 0 spiro atoms. The van der Waals surface area contributed by atoms with Gasteiger partial charge in [0.05, 0.1) is 5.69 Å². The summed E-state index contributed by atoms with van der Waals surface area (Å²) in [4.78, 5) is 7.09. The van der Waals surface area contributed by atoms with Crippen molar-refractivity contribution in [1.29, 1.82) is 0 Å². The highest BCUT2D eigenvalue weighted by Crippen LogP contribution is 2.44. The third-order valence-corrected chi connectivity index (χ3v) is 5.66. The Kier molecular flexibility index (Phi) is 4.51. The van der Waals surface area contributed by atoms with Crippen LogP contribution in [0.5, 0.6) is 5.75 Å². The number of nitrogens with one attached hydrogen (secondary N) is 1. The number of likely N-dealkylation sites (tertiary alicyclic amines) is 1. The minimum absolute atomic E-state index is 0.0472. The molecule has 0 radical (unpaired) electrons. The Labute approximate surface area is 156 Å². The van der Waals surface area contributed by atoms with Crippen LogP contribution in [0.1, 0.15) is 63.6 Å². The standard InChI is InChI=1S/C21H30N4O/c1-21(2,3)20-11-18(23-24-20)17-10-19(16(12-22-17)14-7-8-14)26-13-15-6-5-9-25(15)4/h10-12,14-15H,5-9,13H2,1-4H3,(H,23,24)/t15-/m0/s1. The van der Waals surface area contributed by atoms with E-state index in [1.165, 1.54) is 37.8 Å². The van der Waals surface area contributed by atoms with E-state index in [4.69, 9.17) is 4.74 Å². The number of pyridine rings is 1.